The maximum absolute atomic E-state index is 10.2. The molecule has 0 saturated heterocycles. The van der Waals surface area contributed by atoms with Crippen LogP contribution in [0.5, 0.6) is 0 Å². The quantitative estimate of drug-likeness (QED) is 0.681. The molecule has 0 unspecified atom stereocenters. The first-order valence-electron chi connectivity index (χ1n) is 5.14. The Labute approximate surface area is 84.4 Å². The van der Waals surface area contributed by atoms with Crippen molar-refractivity contribution in [3.05, 3.63) is 12.2 Å². The highest BCUT2D eigenvalue weighted by atomic mass is 16.4. The minimum absolute atomic E-state index is 0.462. The summed E-state index contributed by atoms with van der Waals surface area (Å²) < 4.78 is 0. The van der Waals surface area contributed by atoms with Crippen molar-refractivity contribution in [3.8, 4) is 0 Å². The highest BCUT2D eigenvalue weighted by Crippen LogP contribution is 2.34. The molecule has 0 aromatic heterocycles. The Hall–Kier alpha value is -0.830. The standard InChI is InChI=1S/C11H18O3/c1-9-4-2-6-11(14,8-9)7-3-5-10(12)13/h3,5,9,14H,2,4,6-8H2,1H3,(H,12,13)/b5-3+/t9-,11+/m0/s1. The van der Waals surface area contributed by atoms with Crippen molar-refractivity contribution in [1.29, 1.82) is 0 Å². The van der Waals surface area contributed by atoms with Gasteiger partial charge in [-0.05, 0) is 25.2 Å². The summed E-state index contributed by atoms with van der Waals surface area (Å²) in [6.45, 7) is 2.13. The van der Waals surface area contributed by atoms with Crippen molar-refractivity contribution in [1.82, 2.24) is 0 Å². The van der Waals surface area contributed by atoms with E-state index < -0.39 is 11.6 Å². The fourth-order valence-electron chi connectivity index (χ4n) is 2.20. The minimum atomic E-state index is -0.947. The van der Waals surface area contributed by atoms with Crippen LogP contribution < -0.4 is 0 Å². The van der Waals surface area contributed by atoms with Crippen molar-refractivity contribution in [2.45, 2.75) is 44.6 Å². The number of carbonyl (C=O) groups is 1. The largest absolute Gasteiger partial charge is 0.478 e. The molecule has 0 amide bonds. The van der Waals surface area contributed by atoms with Crippen molar-refractivity contribution < 1.29 is 15.0 Å². The maximum Gasteiger partial charge on any atom is 0.327 e. The molecule has 3 nitrogen and oxygen atoms in total. The number of aliphatic carboxylic acids is 1. The van der Waals surface area contributed by atoms with Crippen LogP contribution in [0.3, 0.4) is 0 Å². The second-order valence-electron chi connectivity index (χ2n) is 4.37. The van der Waals surface area contributed by atoms with Gasteiger partial charge in [-0.1, -0.05) is 25.8 Å². The summed E-state index contributed by atoms with van der Waals surface area (Å²) in [4.78, 5) is 10.2. The van der Waals surface area contributed by atoms with Gasteiger partial charge in [-0.25, -0.2) is 4.79 Å². The molecule has 0 radical (unpaired) electrons. The van der Waals surface area contributed by atoms with Crippen molar-refractivity contribution in [3.63, 3.8) is 0 Å². The molecule has 2 atom stereocenters. The third kappa shape index (κ3) is 3.50. The number of hydrogen-bond acceptors (Lipinski definition) is 2. The number of rotatable bonds is 3. The van der Waals surface area contributed by atoms with Gasteiger partial charge in [0.15, 0.2) is 0 Å². The van der Waals surface area contributed by atoms with E-state index in [1.54, 1.807) is 6.08 Å². The van der Waals surface area contributed by atoms with E-state index in [9.17, 15) is 9.90 Å². The lowest BCUT2D eigenvalue weighted by Crippen LogP contribution is -2.33. The Kier molecular flexibility index (Phi) is 3.69. The topological polar surface area (TPSA) is 57.5 Å². The summed E-state index contributed by atoms with van der Waals surface area (Å²) in [5.41, 5.74) is -0.663. The Morgan fingerprint density at radius 3 is 2.93 bits per heavy atom. The summed E-state index contributed by atoms with van der Waals surface area (Å²) in [7, 11) is 0. The van der Waals surface area contributed by atoms with E-state index in [1.807, 2.05) is 0 Å². The third-order valence-corrected chi connectivity index (χ3v) is 2.83. The highest BCUT2D eigenvalue weighted by molar-refractivity contribution is 5.79. The molecule has 0 heterocycles. The van der Waals surface area contributed by atoms with Crippen LogP contribution in [0.25, 0.3) is 0 Å². The molecule has 2 N–H and O–H groups in total. The number of hydrogen-bond donors (Lipinski definition) is 2. The van der Waals surface area contributed by atoms with Crippen LogP contribution in [0, 0.1) is 5.92 Å². The van der Waals surface area contributed by atoms with E-state index in [1.165, 1.54) is 6.42 Å². The number of carboxylic acids is 1. The van der Waals surface area contributed by atoms with E-state index in [2.05, 4.69) is 6.92 Å². The van der Waals surface area contributed by atoms with Gasteiger partial charge < -0.3 is 10.2 Å². The maximum atomic E-state index is 10.2. The molecule has 1 saturated carbocycles. The zero-order valence-electron chi connectivity index (χ0n) is 8.57. The fraction of sp³-hybridized carbons (Fsp3) is 0.727. The minimum Gasteiger partial charge on any atom is -0.478 e. The van der Waals surface area contributed by atoms with Gasteiger partial charge in [0.05, 0.1) is 5.60 Å². The van der Waals surface area contributed by atoms with Gasteiger partial charge in [-0.2, -0.15) is 0 Å². The van der Waals surface area contributed by atoms with E-state index in [0.717, 1.165) is 25.3 Å². The van der Waals surface area contributed by atoms with Crippen LogP contribution in [-0.4, -0.2) is 21.8 Å². The lowest BCUT2D eigenvalue weighted by Gasteiger charge is -2.34. The Balaban J connectivity index is 2.44. The lowest BCUT2D eigenvalue weighted by molar-refractivity contribution is -0.131. The molecule has 0 bridgehead atoms. The highest BCUT2D eigenvalue weighted by Gasteiger charge is 2.31. The smallest absolute Gasteiger partial charge is 0.327 e. The normalized spacial score (nSPS) is 33.4. The summed E-state index contributed by atoms with van der Waals surface area (Å²) in [5.74, 6) is -0.399. The predicted molar refractivity (Wildman–Crippen MR) is 54.0 cm³/mol. The lowest BCUT2D eigenvalue weighted by atomic mass is 9.77. The second-order valence-corrected chi connectivity index (χ2v) is 4.37. The Bertz CT molecular complexity index is 235. The summed E-state index contributed by atoms with van der Waals surface area (Å²) in [5, 5.41) is 18.5. The van der Waals surface area contributed by atoms with Crippen LogP contribution in [0.4, 0.5) is 0 Å². The molecule has 0 aromatic rings. The first kappa shape index (κ1) is 11.2. The molecule has 3 heteroatoms. The van der Waals surface area contributed by atoms with Gasteiger partial charge in [0, 0.05) is 6.08 Å². The monoisotopic (exact) mass is 198 g/mol. The number of aliphatic hydroxyl groups is 1. The van der Waals surface area contributed by atoms with Gasteiger partial charge in [0.1, 0.15) is 0 Å². The molecule has 80 valence electrons. The van der Waals surface area contributed by atoms with E-state index in [0.29, 0.717) is 12.3 Å². The Morgan fingerprint density at radius 1 is 1.64 bits per heavy atom. The molecular weight excluding hydrogens is 180 g/mol. The van der Waals surface area contributed by atoms with Gasteiger partial charge in [-0.15, -0.1) is 0 Å². The summed E-state index contributed by atoms with van der Waals surface area (Å²) >= 11 is 0. The molecule has 0 aliphatic heterocycles. The van der Waals surface area contributed by atoms with Gasteiger partial charge >= 0.3 is 5.97 Å². The average Bonchev–Trinajstić information content (AvgIpc) is 2.01. The molecule has 1 aliphatic rings. The van der Waals surface area contributed by atoms with Crippen LogP contribution in [-0.2, 0) is 4.79 Å². The number of carboxylic acid groups (broad SMARTS) is 1. The van der Waals surface area contributed by atoms with Crippen LogP contribution in [0.1, 0.15) is 39.0 Å². The predicted octanol–water partition coefficient (Wildman–Crippen LogP) is 1.96. The van der Waals surface area contributed by atoms with E-state index in [-0.39, 0.29) is 0 Å². The zero-order chi connectivity index (χ0) is 10.6. The Morgan fingerprint density at radius 2 is 2.36 bits per heavy atom. The molecule has 1 rings (SSSR count). The third-order valence-electron chi connectivity index (χ3n) is 2.83. The molecule has 0 aromatic carbocycles. The SMILES string of the molecule is C[C@H]1CCC[C@@](O)(C/C=C/C(=O)O)C1. The van der Waals surface area contributed by atoms with E-state index >= 15 is 0 Å². The molecule has 1 fully saturated rings. The van der Waals surface area contributed by atoms with E-state index in [4.69, 9.17) is 5.11 Å². The van der Waals surface area contributed by atoms with Crippen LogP contribution >= 0.6 is 0 Å². The molecular formula is C11H18O3. The average molecular weight is 198 g/mol. The van der Waals surface area contributed by atoms with Crippen molar-refractivity contribution >= 4 is 5.97 Å². The molecule has 14 heavy (non-hydrogen) atoms. The fourth-order valence-corrected chi connectivity index (χ4v) is 2.20. The first-order chi connectivity index (χ1) is 6.52. The summed E-state index contributed by atoms with van der Waals surface area (Å²) in [6, 6.07) is 0. The van der Waals surface area contributed by atoms with Gasteiger partial charge in [0.2, 0.25) is 0 Å². The summed E-state index contributed by atoms with van der Waals surface area (Å²) in [6.07, 6.45) is 6.92. The van der Waals surface area contributed by atoms with Crippen molar-refractivity contribution in [2.75, 3.05) is 0 Å². The van der Waals surface area contributed by atoms with Gasteiger partial charge in [-0.3, -0.25) is 0 Å². The first-order valence-corrected chi connectivity index (χ1v) is 5.14. The van der Waals surface area contributed by atoms with Crippen LogP contribution in [0.2, 0.25) is 0 Å². The molecule has 0 spiro atoms. The van der Waals surface area contributed by atoms with Crippen LogP contribution in [0.15, 0.2) is 12.2 Å². The zero-order valence-corrected chi connectivity index (χ0v) is 8.57. The van der Waals surface area contributed by atoms with Gasteiger partial charge in [0.25, 0.3) is 0 Å². The molecule has 1 aliphatic carbocycles. The van der Waals surface area contributed by atoms with Crippen molar-refractivity contribution in [2.24, 2.45) is 5.92 Å². The second kappa shape index (κ2) is 4.60.